The molecule has 2 aromatic carbocycles. The Hall–Kier alpha value is -4.32. The summed E-state index contributed by atoms with van der Waals surface area (Å²) < 4.78 is 35.8. The van der Waals surface area contributed by atoms with E-state index in [0.717, 1.165) is 36.4 Å². The van der Waals surface area contributed by atoms with Crippen molar-refractivity contribution in [1.29, 1.82) is 0 Å². The van der Waals surface area contributed by atoms with Crippen molar-refractivity contribution in [2.75, 3.05) is 56.0 Å². The van der Waals surface area contributed by atoms with Gasteiger partial charge in [0.15, 0.2) is 5.82 Å². The van der Waals surface area contributed by atoms with Gasteiger partial charge in [0, 0.05) is 33.5 Å². The van der Waals surface area contributed by atoms with Crippen LogP contribution < -0.4 is 25.2 Å². The number of nitrogens with one attached hydrogen (secondary N) is 2. The standard InChI is InChI=1S/C31H35F2N7O3.2H2/c1-38-13-11-21(12-14-38)35-28(41)20-9-10-23(26(15-20)43-3)36-30-34-17-25-27(37-30)40(18-31(32,33)29(42)39(25)2)24-16-22(24)19-7-5-4-6-8-19;;/h4-10,15,17,21-22,24H,11-14,16,18H2,1-3H3,(H,35,41)(H,34,36,37);2*1H/t22-,24?;;/m0../s1. The Bertz CT molecular complexity index is 1530. The number of anilines is 4. The zero-order valence-electron chi connectivity index (χ0n) is 24.4. The molecule has 1 saturated carbocycles. The van der Waals surface area contributed by atoms with Crippen LogP contribution in [0.15, 0.2) is 54.7 Å². The summed E-state index contributed by atoms with van der Waals surface area (Å²) in [6.45, 7) is 1.09. The molecule has 2 atom stereocenters. The number of hydrogen-bond donors (Lipinski definition) is 2. The molecule has 6 rings (SSSR count). The summed E-state index contributed by atoms with van der Waals surface area (Å²) in [5.74, 6) is -4.23. The van der Waals surface area contributed by atoms with E-state index in [0.29, 0.717) is 23.4 Å². The van der Waals surface area contributed by atoms with Crippen molar-refractivity contribution in [3.63, 3.8) is 0 Å². The highest BCUT2D eigenvalue weighted by atomic mass is 19.3. The SMILES string of the molecule is COc1cc(C(=O)NC2CCN(C)CC2)ccc1Nc1ncc2c(n1)N(C1C[C@H]1c1ccccc1)CC(F)(F)C(=O)N2C.[HH].[HH]. The van der Waals surface area contributed by atoms with E-state index < -0.39 is 18.4 Å². The van der Waals surface area contributed by atoms with Gasteiger partial charge in [0.25, 0.3) is 11.8 Å². The van der Waals surface area contributed by atoms with Crippen LogP contribution in [0.5, 0.6) is 5.75 Å². The molecule has 2 amide bonds. The molecule has 0 radical (unpaired) electrons. The first-order chi connectivity index (χ1) is 20.6. The third-order valence-electron chi connectivity index (χ3n) is 8.52. The van der Waals surface area contributed by atoms with Gasteiger partial charge in [-0.25, -0.2) is 4.98 Å². The zero-order valence-corrected chi connectivity index (χ0v) is 24.4. The zero-order chi connectivity index (χ0) is 30.3. The molecule has 2 fully saturated rings. The van der Waals surface area contributed by atoms with Gasteiger partial charge in [0.2, 0.25) is 5.95 Å². The fourth-order valence-corrected chi connectivity index (χ4v) is 5.92. The Kier molecular flexibility index (Phi) is 7.63. The van der Waals surface area contributed by atoms with Gasteiger partial charge in [0.1, 0.15) is 11.4 Å². The predicted molar refractivity (Wildman–Crippen MR) is 164 cm³/mol. The van der Waals surface area contributed by atoms with Crippen molar-refractivity contribution in [2.45, 2.75) is 43.2 Å². The highest BCUT2D eigenvalue weighted by Crippen LogP contribution is 2.49. The maximum absolute atomic E-state index is 15.1. The van der Waals surface area contributed by atoms with Gasteiger partial charge < -0.3 is 30.1 Å². The summed E-state index contributed by atoms with van der Waals surface area (Å²) in [6.07, 6.45) is 3.84. The molecule has 1 aliphatic carbocycles. The smallest absolute Gasteiger partial charge is 0.342 e. The van der Waals surface area contributed by atoms with Gasteiger partial charge >= 0.3 is 5.92 Å². The number of nitrogens with zero attached hydrogens (tertiary/aromatic N) is 5. The third-order valence-corrected chi connectivity index (χ3v) is 8.52. The van der Waals surface area contributed by atoms with Crippen LogP contribution in [-0.4, -0.2) is 85.5 Å². The van der Waals surface area contributed by atoms with Gasteiger partial charge in [-0.2, -0.15) is 13.8 Å². The topological polar surface area (TPSA) is 103 Å². The normalized spacial score (nSPS) is 22.0. The quantitative estimate of drug-likeness (QED) is 0.411. The molecular weight excluding hydrogens is 556 g/mol. The summed E-state index contributed by atoms with van der Waals surface area (Å²) in [6, 6.07) is 14.6. The van der Waals surface area contributed by atoms with E-state index in [2.05, 4.69) is 32.5 Å². The number of benzene rings is 2. The average Bonchev–Trinajstić information content (AvgIpc) is 3.82. The molecule has 230 valence electrons. The largest absolute Gasteiger partial charge is 0.495 e. The van der Waals surface area contributed by atoms with Crippen LogP contribution in [0.25, 0.3) is 0 Å². The Balaban J connectivity index is 0.00000230. The molecule has 1 aromatic heterocycles. The Morgan fingerprint density at radius 2 is 1.86 bits per heavy atom. The Morgan fingerprint density at radius 1 is 1.12 bits per heavy atom. The maximum Gasteiger partial charge on any atom is 0.342 e. The van der Waals surface area contributed by atoms with Crippen LogP contribution in [0.1, 0.15) is 44.0 Å². The average molecular weight is 596 g/mol. The number of halogens is 2. The lowest BCUT2D eigenvalue weighted by Gasteiger charge is -2.29. The first-order valence-electron chi connectivity index (χ1n) is 14.4. The van der Waals surface area contributed by atoms with Gasteiger partial charge in [-0.15, -0.1) is 0 Å². The van der Waals surface area contributed by atoms with Crippen molar-refractivity contribution in [3.05, 3.63) is 65.9 Å². The molecule has 3 heterocycles. The van der Waals surface area contributed by atoms with Gasteiger partial charge in [0.05, 0.1) is 25.5 Å². The summed E-state index contributed by atoms with van der Waals surface area (Å²) in [5, 5.41) is 6.22. The molecule has 3 aliphatic rings. The van der Waals surface area contributed by atoms with E-state index in [4.69, 9.17) is 4.74 Å². The summed E-state index contributed by atoms with van der Waals surface area (Å²) >= 11 is 0. The highest BCUT2D eigenvalue weighted by Gasteiger charge is 2.53. The van der Waals surface area contributed by atoms with Crippen LogP contribution in [-0.2, 0) is 4.79 Å². The van der Waals surface area contributed by atoms with Crippen LogP contribution in [0.2, 0.25) is 0 Å². The number of methoxy groups -OCH3 is 1. The number of fused-ring (bicyclic) bond motifs is 1. The summed E-state index contributed by atoms with van der Waals surface area (Å²) in [7, 11) is 4.88. The van der Waals surface area contributed by atoms with E-state index in [1.807, 2.05) is 30.3 Å². The molecule has 1 unspecified atom stereocenters. The van der Waals surface area contributed by atoms with Crippen molar-refractivity contribution in [3.8, 4) is 5.75 Å². The minimum Gasteiger partial charge on any atom is -0.495 e. The number of carbonyl (C=O) groups is 2. The number of hydrogen-bond acceptors (Lipinski definition) is 8. The number of ether oxygens (including phenoxy) is 1. The number of rotatable bonds is 7. The molecule has 3 aromatic rings. The molecule has 0 spiro atoms. The van der Waals surface area contributed by atoms with Gasteiger partial charge in [-0.05, 0) is 63.2 Å². The first-order valence-corrected chi connectivity index (χ1v) is 14.4. The van der Waals surface area contributed by atoms with Crippen LogP contribution in [0.3, 0.4) is 0 Å². The number of aromatic nitrogens is 2. The molecule has 0 bridgehead atoms. The number of alkyl halides is 2. The third kappa shape index (κ3) is 5.83. The van der Waals surface area contributed by atoms with E-state index >= 15 is 8.78 Å². The predicted octanol–water partition coefficient (Wildman–Crippen LogP) is 4.52. The molecular formula is C31H39F2N7O3. The minimum absolute atomic E-state index is 0. The van der Waals surface area contributed by atoms with E-state index in [-0.39, 0.29) is 44.2 Å². The summed E-state index contributed by atoms with van der Waals surface area (Å²) in [5.41, 5.74) is 2.22. The molecule has 12 heteroatoms. The molecule has 2 N–H and O–H groups in total. The lowest BCUT2D eigenvalue weighted by Crippen LogP contribution is -2.46. The molecule has 10 nitrogen and oxygen atoms in total. The number of carbonyl (C=O) groups excluding carboxylic acids is 2. The van der Waals surface area contributed by atoms with Crippen molar-refractivity contribution >= 4 is 35.0 Å². The van der Waals surface area contributed by atoms with Crippen LogP contribution >= 0.6 is 0 Å². The van der Waals surface area contributed by atoms with Crippen LogP contribution in [0, 0.1) is 0 Å². The van der Waals surface area contributed by atoms with Gasteiger partial charge in [-0.1, -0.05) is 30.3 Å². The van der Waals surface area contributed by atoms with Gasteiger partial charge in [-0.3, -0.25) is 9.59 Å². The molecule has 43 heavy (non-hydrogen) atoms. The number of amides is 2. The number of likely N-dealkylation sites (tertiary alicyclic amines) is 1. The van der Waals surface area contributed by atoms with E-state index in [9.17, 15) is 9.59 Å². The lowest BCUT2D eigenvalue weighted by molar-refractivity contribution is -0.140. The summed E-state index contributed by atoms with van der Waals surface area (Å²) in [4.78, 5) is 39.3. The van der Waals surface area contributed by atoms with E-state index in [1.54, 1.807) is 18.2 Å². The second-order valence-corrected chi connectivity index (χ2v) is 11.5. The fourth-order valence-electron chi connectivity index (χ4n) is 5.92. The number of piperidine rings is 1. The van der Waals surface area contributed by atoms with Crippen molar-refractivity contribution < 1.29 is 26.0 Å². The lowest BCUT2D eigenvalue weighted by atomic mass is 10.0. The maximum atomic E-state index is 15.1. The Morgan fingerprint density at radius 3 is 2.58 bits per heavy atom. The van der Waals surface area contributed by atoms with E-state index in [1.165, 1.54) is 25.3 Å². The van der Waals surface area contributed by atoms with Crippen LogP contribution in [0.4, 0.5) is 31.9 Å². The first kappa shape index (κ1) is 28.8. The fraction of sp³-hybridized carbons (Fsp3) is 0.419. The minimum atomic E-state index is -3.60. The Labute approximate surface area is 252 Å². The molecule has 2 aliphatic heterocycles. The highest BCUT2D eigenvalue weighted by molar-refractivity contribution is 6.02. The van der Waals surface area contributed by atoms with Crippen molar-refractivity contribution in [1.82, 2.24) is 20.2 Å². The molecule has 1 saturated heterocycles. The second-order valence-electron chi connectivity index (χ2n) is 11.5. The monoisotopic (exact) mass is 595 g/mol. The second kappa shape index (κ2) is 11.4. The van der Waals surface area contributed by atoms with Crippen molar-refractivity contribution in [2.24, 2.45) is 0 Å².